The zero-order chi connectivity index (χ0) is 26.4. The van der Waals surface area contributed by atoms with Crippen LogP contribution in [0.25, 0.3) is 11.1 Å². The second-order valence-electron chi connectivity index (χ2n) is 8.53. The van der Waals surface area contributed by atoms with Crippen LogP contribution in [0.4, 0.5) is 22.0 Å². The topological polar surface area (TPSA) is 63.7 Å². The van der Waals surface area contributed by atoms with E-state index < -0.39 is 45.4 Å². The van der Waals surface area contributed by atoms with Crippen LogP contribution in [0.5, 0.6) is 5.75 Å². The standard InChI is InChI=1S/C25H20F5NO4S/c1-14(25(28,29)30)35-23-6-5-21(36(2,33)34)11-22(23)24(32)31-12-16-4-3-15(7-18(16)13-31)17-8-19(26)10-20(27)9-17/h3-11,14H,12-13H2,1-2H3/t14-/m0/s1. The van der Waals surface area contributed by atoms with Crippen molar-refractivity contribution in [1.82, 2.24) is 4.90 Å². The highest BCUT2D eigenvalue weighted by molar-refractivity contribution is 7.90. The minimum Gasteiger partial charge on any atom is -0.480 e. The van der Waals surface area contributed by atoms with E-state index in [1.165, 1.54) is 17.0 Å². The Balaban J connectivity index is 1.66. The summed E-state index contributed by atoms with van der Waals surface area (Å²) in [5, 5.41) is 0. The summed E-state index contributed by atoms with van der Waals surface area (Å²) in [5.41, 5.74) is 1.90. The number of alkyl halides is 3. The van der Waals surface area contributed by atoms with Crippen LogP contribution in [-0.2, 0) is 22.9 Å². The largest absolute Gasteiger partial charge is 0.480 e. The zero-order valence-corrected chi connectivity index (χ0v) is 19.9. The number of carbonyl (C=O) groups excluding carboxylic acids is 1. The smallest absolute Gasteiger partial charge is 0.425 e. The number of amides is 1. The monoisotopic (exact) mass is 525 g/mol. The van der Waals surface area contributed by atoms with Gasteiger partial charge in [0.1, 0.15) is 17.4 Å². The highest BCUT2D eigenvalue weighted by atomic mass is 32.2. The first-order chi connectivity index (χ1) is 16.7. The second-order valence-corrected chi connectivity index (χ2v) is 10.6. The van der Waals surface area contributed by atoms with Crippen LogP contribution in [0.1, 0.15) is 28.4 Å². The minimum atomic E-state index is -4.70. The number of nitrogens with zero attached hydrogens (tertiary/aromatic N) is 1. The van der Waals surface area contributed by atoms with Crippen LogP contribution in [-0.4, -0.2) is 37.8 Å². The fraction of sp³-hybridized carbons (Fsp3) is 0.240. The van der Waals surface area contributed by atoms with Crippen molar-refractivity contribution >= 4 is 15.7 Å². The van der Waals surface area contributed by atoms with Crippen molar-refractivity contribution in [1.29, 1.82) is 0 Å². The molecule has 1 amide bonds. The van der Waals surface area contributed by atoms with Gasteiger partial charge in [-0.05, 0) is 65.6 Å². The maximum Gasteiger partial charge on any atom is 0.425 e. The van der Waals surface area contributed by atoms with Crippen molar-refractivity contribution < 1.29 is 39.9 Å². The number of halogens is 5. The van der Waals surface area contributed by atoms with Gasteiger partial charge in [-0.1, -0.05) is 12.1 Å². The third kappa shape index (κ3) is 5.35. The molecule has 0 saturated heterocycles. The summed E-state index contributed by atoms with van der Waals surface area (Å²) in [6.45, 7) is 0.932. The van der Waals surface area contributed by atoms with Crippen LogP contribution < -0.4 is 4.74 Å². The van der Waals surface area contributed by atoms with Crippen LogP contribution >= 0.6 is 0 Å². The van der Waals surface area contributed by atoms with Crippen LogP contribution in [0.2, 0.25) is 0 Å². The minimum absolute atomic E-state index is 0.0527. The molecule has 0 aromatic heterocycles. The maximum absolute atomic E-state index is 13.6. The van der Waals surface area contributed by atoms with E-state index in [0.717, 1.165) is 43.0 Å². The van der Waals surface area contributed by atoms with Gasteiger partial charge in [0.25, 0.3) is 5.91 Å². The number of rotatable bonds is 5. The van der Waals surface area contributed by atoms with E-state index in [1.807, 2.05) is 0 Å². The van der Waals surface area contributed by atoms with Crippen molar-refractivity contribution in [2.75, 3.05) is 6.26 Å². The van der Waals surface area contributed by atoms with E-state index in [4.69, 9.17) is 4.74 Å². The van der Waals surface area contributed by atoms with Crippen LogP contribution in [0, 0.1) is 11.6 Å². The molecule has 0 N–H and O–H groups in total. The molecule has 0 unspecified atom stereocenters. The lowest BCUT2D eigenvalue weighted by atomic mass is 10.0. The Hall–Kier alpha value is -3.47. The van der Waals surface area contributed by atoms with Crippen molar-refractivity contribution in [2.24, 2.45) is 0 Å². The number of hydrogen-bond acceptors (Lipinski definition) is 4. The van der Waals surface area contributed by atoms with Gasteiger partial charge >= 0.3 is 6.18 Å². The fourth-order valence-corrected chi connectivity index (χ4v) is 4.52. The molecule has 0 bridgehead atoms. The van der Waals surface area contributed by atoms with Gasteiger partial charge in [0.05, 0.1) is 10.5 Å². The third-order valence-corrected chi connectivity index (χ3v) is 6.90. The molecule has 4 rings (SSSR count). The molecule has 0 radical (unpaired) electrons. The van der Waals surface area contributed by atoms with E-state index in [0.29, 0.717) is 16.7 Å². The normalized spacial score (nSPS) is 14.5. The first kappa shape index (κ1) is 25.6. The lowest BCUT2D eigenvalue weighted by Gasteiger charge is -2.22. The van der Waals surface area contributed by atoms with Crippen LogP contribution in [0.15, 0.2) is 59.5 Å². The fourth-order valence-electron chi connectivity index (χ4n) is 3.88. The van der Waals surface area contributed by atoms with E-state index in [9.17, 15) is 35.2 Å². The molecule has 1 atom stereocenters. The van der Waals surface area contributed by atoms with E-state index >= 15 is 0 Å². The SMILES string of the molecule is C[C@H](Oc1ccc(S(C)(=O)=O)cc1C(=O)N1Cc2ccc(-c3cc(F)cc(F)c3)cc2C1)C(F)(F)F. The molecule has 11 heteroatoms. The molecule has 5 nitrogen and oxygen atoms in total. The Morgan fingerprint density at radius 3 is 2.17 bits per heavy atom. The van der Waals surface area contributed by atoms with Gasteiger partial charge in [0.2, 0.25) is 0 Å². The van der Waals surface area contributed by atoms with Gasteiger partial charge in [0, 0.05) is 25.4 Å². The lowest BCUT2D eigenvalue weighted by molar-refractivity contribution is -0.189. The summed E-state index contributed by atoms with van der Waals surface area (Å²) >= 11 is 0. The molecule has 3 aromatic rings. The molecule has 1 heterocycles. The Morgan fingerprint density at radius 1 is 0.917 bits per heavy atom. The summed E-state index contributed by atoms with van der Waals surface area (Å²) in [6.07, 6.45) is -6.03. The molecule has 0 aliphatic carbocycles. The molecule has 190 valence electrons. The van der Waals surface area contributed by atoms with Gasteiger partial charge in [-0.15, -0.1) is 0 Å². The molecule has 0 saturated carbocycles. The summed E-state index contributed by atoms with van der Waals surface area (Å²) < 4.78 is 95.6. The second kappa shape index (κ2) is 9.20. The third-order valence-electron chi connectivity index (χ3n) is 5.79. The predicted octanol–water partition coefficient (Wildman–Crippen LogP) is 5.52. The summed E-state index contributed by atoms with van der Waals surface area (Å²) in [6, 6.07) is 11.2. The predicted molar refractivity (Wildman–Crippen MR) is 121 cm³/mol. The van der Waals surface area contributed by atoms with Crippen molar-refractivity contribution in [3.05, 3.63) is 82.9 Å². The quantitative estimate of drug-likeness (QED) is 0.412. The molecular weight excluding hydrogens is 505 g/mol. The number of benzene rings is 3. The van der Waals surface area contributed by atoms with Crippen molar-refractivity contribution in [2.45, 2.75) is 37.2 Å². The molecule has 1 aliphatic heterocycles. The summed E-state index contributed by atoms with van der Waals surface area (Å²) in [5.74, 6) is -2.61. The summed E-state index contributed by atoms with van der Waals surface area (Å²) in [7, 11) is -3.76. The van der Waals surface area contributed by atoms with E-state index in [-0.39, 0.29) is 23.5 Å². The Morgan fingerprint density at radius 2 is 1.56 bits per heavy atom. The first-order valence-corrected chi connectivity index (χ1v) is 12.6. The molecule has 3 aromatic carbocycles. The lowest BCUT2D eigenvalue weighted by Crippen LogP contribution is -2.32. The van der Waals surface area contributed by atoms with E-state index in [1.54, 1.807) is 18.2 Å². The average molecular weight is 525 g/mol. The highest BCUT2D eigenvalue weighted by Crippen LogP contribution is 2.34. The van der Waals surface area contributed by atoms with Crippen molar-refractivity contribution in [3.8, 4) is 16.9 Å². The Bertz CT molecular complexity index is 1430. The van der Waals surface area contributed by atoms with Gasteiger partial charge in [-0.25, -0.2) is 17.2 Å². The van der Waals surface area contributed by atoms with E-state index in [2.05, 4.69) is 0 Å². The Labute approximate surface area is 204 Å². The molecule has 0 fully saturated rings. The molecule has 1 aliphatic rings. The van der Waals surface area contributed by atoms with Crippen LogP contribution in [0.3, 0.4) is 0 Å². The number of carbonyl (C=O) groups is 1. The molecule has 0 spiro atoms. The van der Waals surface area contributed by atoms with Crippen molar-refractivity contribution in [3.63, 3.8) is 0 Å². The van der Waals surface area contributed by atoms with Gasteiger partial charge < -0.3 is 9.64 Å². The van der Waals surface area contributed by atoms with Gasteiger partial charge in [-0.2, -0.15) is 13.2 Å². The number of ether oxygens (including phenoxy) is 1. The zero-order valence-electron chi connectivity index (χ0n) is 19.1. The first-order valence-electron chi connectivity index (χ1n) is 10.7. The number of fused-ring (bicyclic) bond motifs is 1. The Kier molecular flexibility index (Phi) is 6.54. The molecular formula is C25H20F5NO4S. The number of hydrogen-bond donors (Lipinski definition) is 0. The highest BCUT2D eigenvalue weighted by Gasteiger charge is 2.39. The number of sulfone groups is 1. The van der Waals surface area contributed by atoms with Gasteiger partial charge in [0.15, 0.2) is 15.9 Å². The molecule has 36 heavy (non-hydrogen) atoms. The maximum atomic E-state index is 13.6. The average Bonchev–Trinajstić information content (AvgIpc) is 3.20. The summed E-state index contributed by atoms with van der Waals surface area (Å²) in [4.78, 5) is 14.4. The van der Waals surface area contributed by atoms with Gasteiger partial charge in [-0.3, -0.25) is 4.79 Å².